The third kappa shape index (κ3) is 5.98. The number of nitrogens with two attached hydrogens (primary N) is 1. The van der Waals surface area contributed by atoms with Gasteiger partial charge in [-0.25, -0.2) is 0 Å². The Morgan fingerprint density at radius 3 is 2.44 bits per heavy atom. The van der Waals surface area contributed by atoms with Crippen LogP contribution in [0.25, 0.3) is 0 Å². The van der Waals surface area contributed by atoms with Crippen molar-refractivity contribution in [1.29, 1.82) is 0 Å². The number of ether oxygens (including phenoxy) is 1. The maximum atomic E-state index is 13.8. The number of amides is 2. The van der Waals surface area contributed by atoms with Gasteiger partial charge in [-0.05, 0) is 43.9 Å². The fourth-order valence-corrected chi connectivity index (χ4v) is 6.30. The summed E-state index contributed by atoms with van der Waals surface area (Å²) < 4.78 is 5.35. The van der Waals surface area contributed by atoms with Crippen molar-refractivity contribution in [2.75, 3.05) is 39.3 Å². The monoisotopic (exact) mass is 538 g/mol. The Kier molecular flexibility index (Phi) is 9.15. The lowest BCUT2D eigenvalue weighted by molar-refractivity contribution is -0.153. The van der Waals surface area contributed by atoms with Crippen LogP contribution >= 0.6 is 23.2 Å². The SMILES string of the molecule is CCOC(=O)C1CCCCC1N1CCN(C(=O)C(Cc2ccc(Cl)cc2Cl)N2CCC(N)C2=O)CC1. The van der Waals surface area contributed by atoms with E-state index in [4.69, 9.17) is 33.7 Å². The van der Waals surface area contributed by atoms with Gasteiger partial charge in [-0.15, -0.1) is 0 Å². The minimum Gasteiger partial charge on any atom is -0.466 e. The molecule has 2 aliphatic heterocycles. The van der Waals surface area contributed by atoms with Crippen LogP contribution < -0.4 is 5.73 Å². The van der Waals surface area contributed by atoms with E-state index in [0.717, 1.165) is 31.2 Å². The van der Waals surface area contributed by atoms with Gasteiger partial charge in [-0.3, -0.25) is 19.3 Å². The lowest BCUT2D eigenvalue weighted by Crippen LogP contribution is -2.59. The highest BCUT2D eigenvalue weighted by molar-refractivity contribution is 6.35. The minimum atomic E-state index is -0.668. The molecule has 198 valence electrons. The quantitative estimate of drug-likeness (QED) is 0.536. The fourth-order valence-electron chi connectivity index (χ4n) is 5.82. The molecule has 36 heavy (non-hydrogen) atoms. The van der Waals surface area contributed by atoms with Gasteiger partial charge in [0.25, 0.3) is 0 Å². The van der Waals surface area contributed by atoms with Crippen LogP contribution in [0.4, 0.5) is 0 Å². The normalized spacial score (nSPS) is 26.2. The number of likely N-dealkylation sites (tertiary alicyclic amines) is 1. The van der Waals surface area contributed by atoms with E-state index < -0.39 is 12.1 Å². The molecule has 4 rings (SSSR count). The standard InChI is InChI=1S/C26H36Cl2N4O4/c1-2-36-26(35)19-5-3-4-6-22(19)30-11-13-31(14-12-30)25(34)23(32-10-9-21(29)24(32)33)15-17-7-8-18(27)16-20(17)28/h7-8,16,19,21-23H,2-6,9-15,29H2,1H3. The number of halogens is 2. The summed E-state index contributed by atoms with van der Waals surface area (Å²) >= 11 is 12.5. The zero-order valence-corrected chi connectivity index (χ0v) is 22.3. The number of carbonyl (C=O) groups is 3. The zero-order chi connectivity index (χ0) is 25.8. The van der Waals surface area contributed by atoms with Crippen molar-refractivity contribution in [3.8, 4) is 0 Å². The average molecular weight is 540 g/mol. The number of nitrogens with zero attached hydrogens (tertiary/aromatic N) is 3. The Morgan fingerprint density at radius 1 is 1.08 bits per heavy atom. The first-order chi connectivity index (χ1) is 17.3. The molecule has 0 bridgehead atoms. The molecular formula is C26H36Cl2N4O4. The number of piperazine rings is 1. The summed E-state index contributed by atoms with van der Waals surface area (Å²) in [6.07, 6.45) is 4.79. The molecule has 1 aliphatic carbocycles. The second-order valence-corrected chi connectivity index (χ2v) is 10.8. The third-order valence-corrected chi connectivity index (χ3v) is 8.37. The van der Waals surface area contributed by atoms with Gasteiger partial charge >= 0.3 is 5.97 Å². The van der Waals surface area contributed by atoms with Gasteiger partial charge in [0.05, 0.1) is 18.6 Å². The molecule has 10 heteroatoms. The van der Waals surface area contributed by atoms with Crippen molar-refractivity contribution in [2.45, 2.75) is 63.6 Å². The average Bonchev–Trinajstić information content (AvgIpc) is 3.21. The second kappa shape index (κ2) is 12.1. The van der Waals surface area contributed by atoms with Gasteiger partial charge in [0.2, 0.25) is 11.8 Å². The maximum absolute atomic E-state index is 13.8. The predicted octanol–water partition coefficient (Wildman–Crippen LogP) is 2.73. The zero-order valence-electron chi connectivity index (χ0n) is 20.8. The highest BCUT2D eigenvalue weighted by Crippen LogP contribution is 2.31. The number of hydrogen-bond acceptors (Lipinski definition) is 6. The van der Waals surface area contributed by atoms with E-state index in [-0.39, 0.29) is 29.7 Å². The van der Waals surface area contributed by atoms with Gasteiger partial charge in [0.15, 0.2) is 0 Å². The lowest BCUT2D eigenvalue weighted by atomic mass is 9.83. The van der Waals surface area contributed by atoms with Gasteiger partial charge < -0.3 is 20.3 Å². The second-order valence-electron chi connectivity index (χ2n) is 9.95. The molecule has 3 aliphatic rings. The van der Waals surface area contributed by atoms with Crippen LogP contribution in [0.3, 0.4) is 0 Å². The number of hydrogen-bond donors (Lipinski definition) is 1. The van der Waals surface area contributed by atoms with E-state index in [1.54, 1.807) is 17.0 Å². The molecule has 2 amide bonds. The molecule has 8 nitrogen and oxygen atoms in total. The van der Waals surface area contributed by atoms with Crippen molar-refractivity contribution in [2.24, 2.45) is 11.7 Å². The molecule has 0 aromatic heterocycles. The summed E-state index contributed by atoms with van der Waals surface area (Å²) in [6, 6.07) is 4.10. The van der Waals surface area contributed by atoms with Crippen LogP contribution in [0, 0.1) is 5.92 Å². The molecule has 2 saturated heterocycles. The maximum Gasteiger partial charge on any atom is 0.310 e. The molecule has 3 fully saturated rings. The predicted molar refractivity (Wildman–Crippen MR) is 139 cm³/mol. The molecule has 2 N–H and O–H groups in total. The Morgan fingerprint density at radius 2 is 1.81 bits per heavy atom. The van der Waals surface area contributed by atoms with Crippen LogP contribution in [0.1, 0.15) is 44.6 Å². The summed E-state index contributed by atoms with van der Waals surface area (Å²) in [6.45, 7) is 5.15. The van der Waals surface area contributed by atoms with E-state index in [1.807, 2.05) is 17.9 Å². The van der Waals surface area contributed by atoms with Gasteiger partial charge in [-0.2, -0.15) is 0 Å². The van der Waals surface area contributed by atoms with Crippen molar-refractivity contribution in [3.05, 3.63) is 33.8 Å². The molecule has 0 radical (unpaired) electrons. The number of benzene rings is 1. The van der Waals surface area contributed by atoms with E-state index in [9.17, 15) is 14.4 Å². The Labute approximate surface area is 223 Å². The summed E-state index contributed by atoms with van der Waals surface area (Å²) in [4.78, 5) is 44.9. The molecule has 0 spiro atoms. The van der Waals surface area contributed by atoms with E-state index in [1.165, 1.54) is 0 Å². The summed E-state index contributed by atoms with van der Waals surface area (Å²) in [5.41, 5.74) is 6.75. The van der Waals surface area contributed by atoms with Gasteiger partial charge in [0, 0.05) is 55.2 Å². The Balaban J connectivity index is 1.46. The van der Waals surface area contributed by atoms with E-state index in [2.05, 4.69) is 4.90 Å². The summed E-state index contributed by atoms with van der Waals surface area (Å²) in [5.74, 6) is -0.501. The first-order valence-corrected chi connectivity index (χ1v) is 13.7. The van der Waals surface area contributed by atoms with Crippen LogP contribution in [0.5, 0.6) is 0 Å². The fraction of sp³-hybridized carbons (Fsp3) is 0.654. The van der Waals surface area contributed by atoms with Crippen molar-refractivity contribution in [3.63, 3.8) is 0 Å². The van der Waals surface area contributed by atoms with Crippen molar-refractivity contribution < 1.29 is 19.1 Å². The molecule has 1 aromatic carbocycles. The van der Waals surface area contributed by atoms with Crippen LogP contribution in [-0.2, 0) is 25.5 Å². The highest BCUT2D eigenvalue weighted by atomic mass is 35.5. The number of rotatable bonds is 7. The van der Waals surface area contributed by atoms with E-state index in [0.29, 0.717) is 62.2 Å². The minimum absolute atomic E-state index is 0.0892. The smallest absolute Gasteiger partial charge is 0.310 e. The largest absolute Gasteiger partial charge is 0.466 e. The highest BCUT2D eigenvalue weighted by Gasteiger charge is 2.41. The molecular weight excluding hydrogens is 503 g/mol. The first kappa shape index (κ1) is 27.2. The third-order valence-electron chi connectivity index (χ3n) is 7.78. The van der Waals surface area contributed by atoms with E-state index >= 15 is 0 Å². The molecule has 1 aromatic rings. The van der Waals surface area contributed by atoms with Crippen LogP contribution in [0.15, 0.2) is 18.2 Å². The molecule has 4 atom stereocenters. The Hall–Kier alpha value is -1.87. The van der Waals surface area contributed by atoms with Crippen molar-refractivity contribution in [1.82, 2.24) is 14.7 Å². The topological polar surface area (TPSA) is 96.2 Å². The molecule has 2 heterocycles. The first-order valence-electron chi connectivity index (χ1n) is 13.0. The van der Waals surface area contributed by atoms with Crippen molar-refractivity contribution >= 4 is 41.0 Å². The van der Waals surface area contributed by atoms with Gasteiger partial charge in [-0.1, -0.05) is 42.1 Å². The summed E-state index contributed by atoms with van der Waals surface area (Å²) in [5, 5.41) is 0.995. The molecule has 4 unspecified atom stereocenters. The number of carbonyl (C=O) groups excluding carboxylic acids is 3. The van der Waals surface area contributed by atoms with Crippen LogP contribution in [-0.4, -0.2) is 89.9 Å². The summed E-state index contributed by atoms with van der Waals surface area (Å²) in [7, 11) is 0. The molecule has 1 saturated carbocycles. The van der Waals surface area contributed by atoms with Gasteiger partial charge in [0.1, 0.15) is 6.04 Å². The lowest BCUT2D eigenvalue weighted by Gasteiger charge is -2.44. The van der Waals surface area contributed by atoms with Crippen LogP contribution in [0.2, 0.25) is 10.0 Å². The Bertz CT molecular complexity index is 969. The number of esters is 1.